The molecule has 0 bridgehead atoms. The van der Waals surface area contributed by atoms with Crippen molar-refractivity contribution in [2.75, 3.05) is 10.6 Å². The van der Waals surface area contributed by atoms with E-state index in [1.165, 1.54) is 42.4 Å². The van der Waals surface area contributed by atoms with Crippen molar-refractivity contribution < 1.29 is 13.6 Å². The van der Waals surface area contributed by atoms with Gasteiger partial charge in [0.2, 0.25) is 11.0 Å². The number of nitrogens with zero attached hydrogens (tertiary/aromatic N) is 2. The number of hydrogen-bond donors (Lipinski definition) is 2. The summed E-state index contributed by atoms with van der Waals surface area (Å²) < 4.78 is 27.5. The van der Waals surface area contributed by atoms with E-state index in [2.05, 4.69) is 20.8 Å². The Kier molecular flexibility index (Phi) is 6.42. The molecule has 1 fully saturated rings. The van der Waals surface area contributed by atoms with E-state index in [9.17, 15) is 13.6 Å². The van der Waals surface area contributed by atoms with Gasteiger partial charge >= 0.3 is 0 Å². The number of amides is 1. The molecule has 0 spiro atoms. The number of carbonyl (C=O) groups is 1. The van der Waals surface area contributed by atoms with Crippen molar-refractivity contribution in [1.82, 2.24) is 10.2 Å². The zero-order chi connectivity index (χ0) is 18.5. The summed E-state index contributed by atoms with van der Waals surface area (Å²) in [5, 5.41) is 14.3. The van der Waals surface area contributed by atoms with Crippen LogP contribution in [0.1, 0.15) is 39.0 Å². The van der Waals surface area contributed by atoms with Crippen LogP contribution < -0.4 is 10.6 Å². The predicted octanol–water partition coefficient (Wildman–Crippen LogP) is 4.68. The Hall–Kier alpha value is -1.74. The van der Waals surface area contributed by atoms with Gasteiger partial charge in [0.15, 0.2) is 4.34 Å². The van der Waals surface area contributed by atoms with E-state index in [0.29, 0.717) is 10.4 Å². The highest BCUT2D eigenvalue weighted by Gasteiger charge is 2.20. The van der Waals surface area contributed by atoms with E-state index >= 15 is 0 Å². The van der Waals surface area contributed by atoms with Crippen LogP contribution in [-0.2, 0) is 4.79 Å². The Labute approximate surface area is 159 Å². The first-order chi connectivity index (χ1) is 12.5. The van der Waals surface area contributed by atoms with E-state index in [1.807, 2.05) is 0 Å². The smallest absolute Gasteiger partial charge is 0.237 e. The molecule has 1 unspecified atom stereocenters. The molecular weight excluding hydrogens is 378 g/mol. The summed E-state index contributed by atoms with van der Waals surface area (Å²) in [7, 11) is 0. The summed E-state index contributed by atoms with van der Waals surface area (Å²) in [6.07, 6.45) is 6.02. The lowest BCUT2D eigenvalue weighted by Gasteiger charge is -2.21. The molecule has 5 nitrogen and oxygen atoms in total. The van der Waals surface area contributed by atoms with Crippen LogP contribution in [-0.4, -0.2) is 27.4 Å². The Bertz CT molecular complexity index is 765. The van der Waals surface area contributed by atoms with Crippen LogP contribution in [0.25, 0.3) is 0 Å². The van der Waals surface area contributed by atoms with E-state index in [-0.39, 0.29) is 5.69 Å². The highest BCUT2D eigenvalue weighted by atomic mass is 32.2. The van der Waals surface area contributed by atoms with Gasteiger partial charge in [-0.1, -0.05) is 42.4 Å². The van der Waals surface area contributed by atoms with Gasteiger partial charge in [0.1, 0.15) is 11.6 Å². The van der Waals surface area contributed by atoms with Gasteiger partial charge < -0.3 is 10.6 Å². The molecule has 1 aromatic carbocycles. The summed E-state index contributed by atoms with van der Waals surface area (Å²) in [5.41, 5.74) is -0.167. The lowest BCUT2D eigenvalue weighted by atomic mass is 9.96. The highest BCUT2D eigenvalue weighted by molar-refractivity contribution is 8.02. The second-order valence-corrected chi connectivity index (χ2v) is 8.79. The summed E-state index contributed by atoms with van der Waals surface area (Å²) in [5.74, 6) is -1.70. The lowest BCUT2D eigenvalue weighted by molar-refractivity contribution is -0.115. The van der Waals surface area contributed by atoms with Gasteiger partial charge in [-0.05, 0) is 31.9 Å². The number of thioether (sulfide) groups is 1. The molecule has 2 aromatic rings. The summed E-state index contributed by atoms with van der Waals surface area (Å²) in [6.45, 7) is 1.69. The SMILES string of the molecule is CC(Sc1nnc(NC2CCCCC2)s1)C(=O)Nc1cc(F)ccc1F. The van der Waals surface area contributed by atoms with Gasteiger partial charge in [-0.15, -0.1) is 10.2 Å². The van der Waals surface area contributed by atoms with Crippen molar-refractivity contribution in [1.29, 1.82) is 0 Å². The minimum atomic E-state index is -0.674. The largest absolute Gasteiger partial charge is 0.357 e. The Balaban J connectivity index is 1.54. The van der Waals surface area contributed by atoms with E-state index in [0.717, 1.165) is 36.2 Å². The fraction of sp³-hybridized carbons (Fsp3) is 0.471. The molecule has 140 valence electrons. The average Bonchev–Trinajstić information content (AvgIpc) is 3.05. The molecule has 1 amide bonds. The van der Waals surface area contributed by atoms with Gasteiger partial charge in [0.25, 0.3) is 0 Å². The molecule has 1 aromatic heterocycles. The molecule has 1 aliphatic rings. The number of benzene rings is 1. The van der Waals surface area contributed by atoms with Crippen molar-refractivity contribution in [3.8, 4) is 0 Å². The van der Waals surface area contributed by atoms with E-state index in [1.54, 1.807) is 6.92 Å². The maximum atomic E-state index is 13.6. The molecule has 0 saturated heterocycles. The number of halogens is 2. The molecule has 1 heterocycles. The number of nitrogens with one attached hydrogen (secondary N) is 2. The normalized spacial score (nSPS) is 16.3. The molecule has 1 aliphatic carbocycles. The molecule has 0 aliphatic heterocycles. The maximum Gasteiger partial charge on any atom is 0.237 e. The molecule has 26 heavy (non-hydrogen) atoms. The van der Waals surface area contributed by atoms with Crippen molar-refractivity contribution in [2.45, 2.75) is 54.7 Å². The number of hydrogen-bond acceptors (Lipinski definition) is 6. The first-order valence-electron chi connectivity index (χ1n) is 8.54. The second kappa shape index (κ2) is 8.77. The Morgan fingerprint density at radius 2 is 2.04 bits per heavy atom. The van der Waals surface area contributed by atoms with Crippen LogP contribution >= 0.6 is 23.1 Å². The highest BCUT2D eigenvalue weighted by Crippen LogP contribution is 2.31. The third kappa shape index (κ3) is 5.14. The third-order valence-corrected chi connectivity index (χ3v) is 6.21. The zero-order valence-electron chi connectivity index (χ0n) is 14.3. The molecule has 3 rings (SSSR count). The van der Waals surface area contributed by atoms with Crippen LogP contribution in [0, 0.1) is 11.6 Å². The van der Waals surface area contributed by atoms with Gasteiger partial charge in [-0.3, -0.25) is 4.79 Å². The Morgan fingerprint density at radius 1 is 1.27 bits per heavy atom. The van der Waals surface area contributed by atoms with Crippen molar-refractivity contribution in [3.63, 3.8) is 0 Å². The van der Waals surface area contributed by atoms with Gasteiger partial charge in [-0.25, -0.2) is 8.78 Å². The monoisotopic (exact) mass is 398 g/mol. The third-order valence-electron chi connectivity index (χ3n) is 4.17. The van der Waals surface area contributed by atoms with Crippen LogP contribution in [0.4, 0.5) is 19.6 Å². The summed E-state index contributed by atoms with van der Waals surface area (Å²) >= 11 is 2.64. The first-order valence-corrected chi connectivity index (χ1v) is 10.2. The quantitative estimate of drug-likeness (QED) is 0.692. The van der Waals surface area contributed by atoms with Crippen molar-refractivity contribution in [3.05, 3.63) is 29.8 Å². The number of carbonyl (C=O) groups excluding carboxylic acids is 1. The molecule has 1 atom stereocenters. The van der Waals surface area contributed by atoms with Crippen LogP contribution in [0.15, 0.2) is 22.5 Å². The molecular formula is C17H20F2N4OS2. The molecule has 9 heteroatoms. The van der Waals surface area contributed by atoms with Gasteiger partial charge in [0, 0.05) is 12.1 Å². The van der Waals surface area contributed by atoms with Crippen LogP contribution in [0.5, 0.6) is 0 Å². The fourth-order valence-corrected chi connectivity index (χ4v) is 4.74. The van der Waals surface area contributed by atoms with Gasteiger partial charge in [-0.2, -0.15) is 0 Å². The standard InChI is InChI=1S/C17H20F2N4OS2/c1-10(15(24)21-14-9-11(18)7-8-13(14)19)25-17-23-22-16(26-17)20-12-5-3-2-4-6-12/h7-10,12H,2-6H2,1H3,(H,20,22)(H,21,24). The number of aromatic nitrogens is 2. The number of rotatable bonds is 6. The number of anilines is 2. The summed E-state index contributed by atoms with van der Waals surface area (Å²) in [6, 6.07) is 3.38. The minimum absolute atomic E-state index is 0.167. The Morgan fingerprint density at radius 3 is 2.81 bits per heavy atom. The van der Waals surface area contributed by atoms with Crippen molar-refractivity contribution in [2.24, 2.45) is 0 Å². The van der Waals surface area contributed by atoms with E-state index in [4.69, 9.17) is 0 Å². The summed E-state index contributed by atoms with van der Waals surface area (Å²) in [4.78, 5) is 12.2. The predicted molar refractivity (Wildman–Crippen MR) is 101 cm³/mol. The molecule has 2 N–H and O–H groups in total. The van der Waals surface area contributed by atoms with Gasteiger partial charge in [0.05, 0.1) is 10.9 Å². The zero-order valence-corrected chi connectivity index (χ0v) is 15.9. The molecule has 1 saturated carbocycles. The fourth-order valence-electron chi connectivity index (χ4n) is 2.77. The van der Waals surface area contributed by atoms with Crippen LogP contribution in [0.3, 0.4) is 0 Å². The van der Waals surface area contributed by atoms with Crippen LogP contribution in [0.2, 0.25) is 0 Å². The lowest BCUT2D eigenvalue weighted by Crippen LogP contribution is -2.23. The topological polar surface area (TPSA) is 66.9 Å². The second-order valence-electron chi connectivity index (χ2n) is 6.23. The minimum Gasteiger partial charge on any atom is -0.357 e. The average molecular weight is 399 g/mol. The van der Waals surface area contributed by atoms with Crippen molar-refractivity contribution >= 4 is 39.8 Å². The maximum absolute atomic E-state index is 13.6. The molecule has 0 radical (unpaired) electrons. The first kappa shape index (κ1) is 19.0. The van der Waals surface area contributed by atoms with E-state index < -0.39 is 22.8 Å².